The molecule has 2 nitrogen and oxygen atoms in total. The fraction of sp³-hybridized carbons (Fsp3) is 0.500. The quantitative estimate of drug-likeness (QED) is 0.712. The molecule has 0 heterocycles. The molecule has 0 fully saturated rings. The molecule has 1 aromatic carbocycles. The highest BCUT2D eigenvalue weighted by atomic mass is 16.5. The number of hydrogen-bond acceptors (Lipinski definition) is 2. The van der Waals surface area contributed by atoms with Crippen LogP contribution in [0.5, 0.6) is 0 Å². The van der Waals surface area contributed by atoms with Crippen LogP contribution in [0.2, 0.25) is 0 Å². The van der Waals surface area contributed by atoms with E-state index < -0.39 is 0 Å². The van der Waals surface area contributed by atoms with Crippen LogP contribution in [0.15, 0.2) is 24.3 Å². The van der Waals surface area contributed by atoms with Crippen LogP contribution in [0.4, 0.5) is 0 Å². The summed E-state index contributed by atoms with van der Waals surface area (Å²) in [5.74, 6) is -0.243. The minimum atomic E-state index is -0.243. The minimum Gasteiger partial charge on any atom is -0.458 e. The summed E-state index contributed by atoms with van der Waals surface area (Å²) in [4.78, 5) is 10.8. The lowest BCUT2D eigenvalue weighted by Gasteiger charge is -2.20. The van der Waals surface area contributed by atoms with Crippen molar-refractivity contribution in [2.24, 2.45) is 0 Å². The maximum Gasteiger partial charge on any atom is 0.303 e. The van der Waals surface area contributed by atoms with Crippen molar-refractivity contribution in [1.82, 2.24) is 0 Å². The highest BCUT2D eigenvalue weighted by Crippen LogP contribution is 2.24. The first kappa shape index (κ1) is 12.8. The van der Waals surface area contributed by atoms with Gasteiger partial charge in [-0.15, -0.1) is 0 Å². The van der Waals surface area contributed by atoms with Gasteiger partial charge >= 0.3 is 5.97 Å². The summed E-state index contributed by atoms with van der Waals surface area (Å²) in [6.45, 7) is 9.85. The van der Waals surface area contributed by atoms with Crippen LogP contribution >= 0.6 is 0 Å². The van der Waals surface area contributed by atoms with Crippen molar-refractivity contribution in [2.75, 3.05) is 0 Å². The lowest BCUT2D eigenvalue weighted by Crippen LogP contribution is -2.11. The molecular formula is C14H20O2. The van der Waals surface area contributed by atoms with Gasteiger partial charge in [-0.05, 0) is 23.5 Å². The van der Waals surface area contributed by atoms with E-state index in [0.717, 1.165) is 5.56 Å². The molecule has 0 saturated heterocycles. The first-order valence-electron chi connectivity index (χ1n) is 5.58. The van der Waals surface area contributed by atoms with Crippen LogP contribution in [0, 0.1) is 0 Å². The van der Waals surface area contributed by atoms with E-state index in [-0.39, 0.29) is 17.5 Å². The Morgan fingerprint density at radius 2 is 1.69 bits per heavy atom. The third-order valence-electron chi connectivity index (χ3n) is 2.59. The van der Waals surface area contributed by atoms with Crippen LogP contribution in [0.1, 0.15) is 51.8 Å². The zero-order valence-electron chi connectivity index (χ0n) is 10.7. The average molecular weight is 220 g/mol. The molecule has 16 heavy (non-hydrogen) atoms. The predicted octanol–water partition coefficient (Wildman–Crippen LogP) is 3.61. The molecule has 0 aliphatic carbocycles. The summed E-state index contributed by atoms with van der Waals surface area (Å²) in [5.41, 5.74) is 2.47. The van der Waals surface area contributed by atoms with E-state index in [0.29, 0.717) is 0 Å². The van der Waals surface area contributed by atoms with Gasteiger partial charge in [-0.2, -0.15) is 0 Å². The monoisotopic (exact) mass is 220 g/mol. The predicted molar refractivity (Wildman–Crippen MR) is 65.3 cm³/mol. The van der Waals surface area contributed by atoms with Crippen molar-refractivity contribution in [1.29, 1.82) is 0 Å². The molecule has 0 unspecified atom stereocenters. The van der Waals surface area contributed by atoms with Gasteiger partial charge in [0.2, 0.25) is 0 Å². The zero-order valence-corrected chi connectivity index (χ0v) is 10.7. The largest absolute Gasteiger partial charge is 0.458 e. The third-order valence-corrected chi connectivity index (χ3v) is 2.59. The number of carbonyl (C=O) groups excluding carboxylic acids is 1. The summed E-state index contributed by atoms with van der Waals surface area (Å²) in [7, 11) is 0. The standard InChI is InChI=1S/C14H20O2/c1-10(16-11(2)15)12-6-8-13(9-7-12)14(3,4)5/h6-10H,1-5H3/t10-/m1/s1. The van der Waals surface area contributed by atoms with Gasteiger partial charge in [-0.1, -0.05) is 45.0 Å². The molecule has 0 radical (unpaired) electrons. The highest BCUT2D eigenvalue weighted by molar-refractivity contribution is 5.66. The van der Waals surface area contributed by atoms with Gasteiger partial charge in [0.1, 0.15) is 6.10 Å². The number of benzene rings is 1. The number of ether oxygens (including phenoxy) is 1. The number of carbonyl (C=O) groups is 1. The second-order valence-corrected chi connectivity index (χ2v) is 5.12. The summed E-state index contributed by atoms with van der Waals surface area (Å²) < 4.78 is 5.12. The minimum absolute atomic E-state index is 0.156. The molecule has 0 aromatic heterocycles. The normalized spacial score (nSPS) is 13.3. The van der Waals surface area contributed by atoms with E-state index in [9.17, 15) is 4.79 Å². The van der Waals surface area contributed by atoms with Gasteiger partial charge in [-0.3, -0.25) is 4.79 Å². The van der Waals surface area contributed by atoms with Crippen LogP contribution in [-0.4, -0.2) is 5.97 Å². The molecule has 0 saturated carbocycles. The molecule has 0 N–H and O–H groups in total. The molecule has 1 rings (SSSR count). The second-order valence-electron chi connectivity index (χ2n) is 5.12. The average Bonchev–Trinajstić information content (AvgIpc) is 2.15. The van der Waals surface area contributed by atoms with Crippen LogP contribution in [0.3, 0.4) is 0 Å². The fourth-order valence-corrected chi connectivity index (χ4v) is 1.57. The van der Waals surface area contributed by atoms with Crippen molar-refractivity contribution >= 4 is 5.97 Å². The van der Waals surface area contributed by atoms with Crippen molar-refractivity contribution in [3.05, 3.63) is 35.4 Å². The molecule has 0 bridgehead atoms. The molecule has 1 atom stereocenters. The fourth-order valence-electron chi connectivity index (χ4n) is 1.57. The molecule has 2 heteroatoms. The van der Waals surface area contributed by atoms with E-state index in [2.05, 4.69) is 32.9 Å². The Labute approximate surface area is 97.6 Å². The van der Waals surface area contributed by atoms with Gasteiger partial charge in [0.05, 0.1) is 0 Å². The van der Waals surface area contributed by atoms with Crippen molar-refractivity contribution < 1.29 is 9.53 Å². The Morgan fingerprint density at radius 3 is 2.06 bits per heavy atom. The number of rotatable bonds is 2. The van der Waals surface area contributed by atoms with Crippen molar-refractivity contribution in [3.63, 3.8) is 0 Å². The van der Waals surface area contributed by atoms with Crippen molar-refractivity contribution in [3.8, 4) is 0 Å². The topological polar surface area (TPSA) is 26.3 Å². The summed E-state index contributed by atoms with van der Waals surface area (Å²) in [6, 6.07) is 8.23. The van der Waals surface area contributed by atoms with Crippen LogP contribution in [-0.2, 0) is 14.9 Å². The maximum atomic E-state index is 10.8. The Balaban J connectivity index is 2.83. The molecule has 1 aromatic rings. The van der Waals surface area contributed by atoms with E-state index >= 15 is 0 Å². The van der Waals surface area contributed by atoms with Gasteiger partial charge in [0, 0.05) is 6.92 Å². The number of esters is 1. The first-order valence-corrected chi connectivity index (χ1v) is 5.58. The van der Waals surface area contributed by atoms with Crippen LogP contribution < -0.4 is 0 Å². The van der Waals surface area contributed by atoms with E-state index in [1.807, 2.05) is 19.1 Å². The lowest BCUT2D eigenvalue weighted by molar-refractivity contribution is -0.145. The molecule has 0 aliphatic rings. The van der Waals surface area contributed by atoms with Crippen LogP contribution in [0.25, 0.3) is 0 Å². The highest BCUT2D eigenvalue weighted by Gasteiger charge is 2.14. The number of hydrogen-bond donors (Lipinski definition) is 0. The summed E-state index contributed by atoms with van der Waals surface area (Å²) >= 11 is 0. The lowest BCUT2D eigenvalue weighted by atomic mass is 9.86. The molecule has 88 valence electrons. The van der Waals surface area contributed by atoms with E-state index in [1.54, 1.807) is 0 Å². The SMILES string of the molecule is CC(=O)O[C@H](C)c1ccc(C(C)(C)C)cc1. The molecule has 0 spiro atoms. The molecular weight excluding hydrogens is 200 g/mol. The molecule has 0 amide bonds. The molecule has 0 aliphatic heterocycles. The first-order chi connectivity index (χ1) is 7.30. The summed E-state index contributed by atoms with van der Waals surface area (Å²) in [6.07, 6.45) is -0.175. The van der Waals surface area contributed by atoms with Gasteiger partial charge < -0.3 is 4.74 Å². The smallest absolute Gasteiger partial charge is 0.303 e. The Hall–Kier alpha value is -1.31. The zero-order chi connectivity index (χ0) is 12.3. The second kappa shape index (κ2) is 4.69. The Bertz CT molecular complexity index is 357. The Morgan fingerprint density at radius 1 is 1.19 bits per heavy atom. The third kappa shape index (κ3) is 3.37. The van der Waals surface area contributed by atoms with Crippen molar-refractivity contribution in [2.45, 2.75) is 46.1 Å². The van der Waals surface area contributed by atoms with E-state index in [1.165, 1.54) is 12.5 Å². The van der Waals surface area contributed by atoms with Gasteiger partial charge in [0.15, 0.2) is 0 Å². The van der Waals surface area contributed by atoms with Gasteiger partial charge in [0.25, 0.3) is 0 Å². The van der Waals surface area contributed by atoms with E-state index in [4.69, 9.17) is 4.74 Å². The van der Waals surface area contributed by atoms with Gasteiger partial charge in [-0.25, -0.2) is 0 Å². The Kier molecular flexibility index (Phi) is 3.74. The maximum absolute atomic E-state index is 10.8. The summed E-state index contributed by atoms with van der Waals surface area (Å²) in [5, 5.41) is 0.